The third-order valence-corrected chi connectivity index (χ3v) is 7.79. The highest BCUT2D eigenvalue weighted by atomic mass is 32.1. The molecule has 0 N–H and O–H groups in total. The number of thiophene rings is 1. The van der Waals surface area contributed by atoms with Crippen LogP contribution in [0.2, 0.25) is 0 Å². The topological polar surface area (TPSA) is 3.88 Å². The maximum Gasteiger partial charge on any atom is 0.213 e. The first-order chi connectivity index (χ1) is 16.6. The van der Waals surface area contributed by atoms with Crippen LogP contribution >= 0.6 is 11.3 Å². The van der Waals surface area contributed by atoms with Crippen LogP contribution in [-0.2, 0) is 7.05 Å². The van der Waals surface area contributed by atoms with Gasteiger partial charge in [0.05, 0.1) is 5.56 Å². The van der Waals surface area contributed by atoms with E-state index in [1.54, 1.807) is 17.4 Å². The van der Waals surface area contributed by atoms with Crippen molar-refractivity contribution >= 4 is 31.5 Å². The van der Waals surface area contributed by atoms with Crippen LogP contribution in [-0.4, -0.2) is 0 Å². The maximum absolute atomic E-state index is 15.4. The number of halogens is 1. The van der Waals surface area contributed by atoms with Crippen LogP contribution in [0.15, 0.2) is 103 Å². The smallest absolute Gasteiger partial charge is 0.206 e. The molecule has 0 spiro atoms. The van der Waals surface area contributed by atoms with Crippen molar-refractivity contribution in [1.82, 2.24) is 0 Å². The van der Waals surface area contributed by atoms with Crippen LogP contribution in [0.5, 0.6) is 0 Å². The average molecular weight is 461 g/mol. The van der Waals surface area contributed by atoms with Gasteiger partial charge in [0.2, 0.25) is 5.69 Å². The van der Waals surface area contributed by atoms with E-state index in [1.807, 2.05) is 42.5 Å². The van der Waals surface area contributed by atoms with E-state index in [0.29, 0.717) is 5.56 Å². The molecule has 1 nitrogen and oxygen atoms in total. The summed E-state index contributed by atoms with van der Waals surface area (Å²) < 4.78 is 19.8. The molecule has 3 heteroatoms. The van der Waals surface area contributed by atoms with Gasteiger partial charge in [-0.25, -0.2) is 8.96 Å². The number of aryl methyl sites for hydroxylation is 2. The molecule has 164 valence electrons. The Morgan fingerprint density at radius 1 is 0.647 bits per heavy atom. The highest BCUT2D eigenvalue weighted by Crippen LogP contribution is 2.45. The number of hydrogen-bond acceptors (Lipinski definition) is 1. The number of fused-ring (bicyclic) bond motifs is 3. The average Bonchev–Trinajstić information content (AvgIpc) is 3.23. The van der Waals surface area contributed by atoms with E-state index >= 15 is 4.39 Å². The second-order valence-electron chi connectivity index (χ2n) is 8.68. The molecule has 0 fully saturated rings. The molecule has 0 unspecified atom stereocenters. The van der Waals surface area contributed by atoms with E-state index in [9.17, 15) is 0 Å². The third kappa shape index (κ3) is 3.32. The molecule has 34 heavy (non-hydrogen) atoms. The Kier molecular flexibility index (Phi) is 5.00. The zero-order chi connectivity index (χ0) is 23.2. The Morgan fingerprint density at radius 2 is 1.32 bits per heavy atom. The summed E-state index contributed by atoms with van der Waals surface area (Å²) in [5, 5.41) is 2.27. The van der Waals surface area contributed by atoms with Crippen molar-refractivity contribution in [3.8, 4) is 33.5 Å². The number of benzene rings is 4. The van der Waals surface area contributed by atoms with Crippen LogP contribution in [0.25, 0.3) is 53.7 Å². The van der Waals surface area contributed by atoms with Gasteiger partial charge in [-0.15, -0.1) is 11.3 Å². The molecule has 0 saturated carbocycles. The standard InChI is InChI=1S/C31H23FNS/c1-20-14-15-24-25-16-17-26(32)29(23-12-8-11-22(19-23)21-9-4-3-5-10-21)31(25)34-30(24)28(20)27-13-6-7-18-33(27)2/h3-19H,1-2H3/q+1. The van der Waals surface area contributed by atoms with Gasteiger partial charge in [-0.05, 0) is 53.4 Å². The van der Waals surface area contributed by atoms with Crippen LogP contribution in [0.3, 0.4) is 0 Å². The predicted octanol–water partition coefficient (Wildman–Crippen LogP) is 8.33. The van der Waals surface area contributed by atoms with Crippen molar-refractivity contribution in [2.45, 2.75) is 6.92 Å². The lowest BCUT2D eigenvalue weighted by atomic mass is 9.96. The minimum Gasteiger partial charge on any atom is -0.206 e. The van der Waals surface area contributed by atoms with Gasteiger partial charge in [0, 0.05) is 37.9 Å². The Labute approximate surface area is 202 Å². The molecule has 0 aliphatic carbocycles. The highest BCUT2D eigenvalue weighted by Gasteiger charge is 2.21. The molecule has 0 bridgehead atoms. The van der Waals surface area contributed by atoms with E-state index in [0.717, 1.165) is 32.5 Å². The molecule has 0 radical (unpaired) electrons. The SMILES string of the molecule is Cc1ccc2c(sc3c(-c4cccc(-c5ccccc5)c4)c(F)ccc32)c1-c1cccc[n+]1C. The van der Waals surface area contributed by atoms with Gasteiger partial charge in [-0.1, -0.05) is 60.7 Å². The van der Waals surface area contributed by atoms with Gasteiger partial charge in [0.1, 0.15) is 12.9 Å². The van der Waals surface area contributed by atoms with E-state index in [2.05, 4.69) is 73.3 Å². The van der Waals surface area contributed by atoms with E-state index < -0.39 is 0 Å². The van der Waals surface area contributed by atoms with Crippen molar-refractivity contribution in [3.05, 3.63) is 115 Å². The molecule has 6 rings (SSSR count). The summed E-state index contributed by atoms with van der Waals surface area (Å²) in [6, 6.07) is 32.6. The Bertz CT molecular complexity index is 1680. The van der Waals surface area contributed by atoms with Crippen LogP contribution in [0.1, 0.15) is 5.56 Å². The van der Waals surface area contributed by atoms with E-state index in [-0.39, 0.29) is 5.82 Å². The largest absolute Gasteiger partial charge is 0.213 e. The van der Waals surface area contributed by atoms with Crippen LogP contribution in [0, 0.1) is 12.7 Å². The summed E-state index contributed by atoms with van der Waals surface area (Å²) in [5.41, 5.74) is 7.38. The zero-order valence-electron chi connectivity index (χ0n) is 19.0. The normalized spacial score (nSPS) is 11.4. The molecular weight excluding hydrogens is 437 g/mol. The fourth-order valence-electron chi connectivity index (χ4n) is 4.83. The first-order valence-corrected chi connectivity index (χ1v) is 12.2. The van der Waals surface area contributed by atoms with Crippen molar-refractivity contribution in [2.75, 3.05) is 0 Å². The van der Waals surface area contributed by atoms with Crippen molar-refractivity contribution in [2.24, 2.45) is 7.05 Å². The Hall–Kier alpha value is -3.82. The monoisotopic (exact) mass is 460 g/mol. The van der Waals surface area contributed by atoms with Crippen molar-refractivity contribution < 1.29 is 8.96 Å². The molecule has 4 aromatic carbocycles. The predicted molar refractivity (Wildman–Crippen MR) is 142 cm³/mol. The lowest BCUT2D eigenvalue weighted by Gasteiger charge is -2.08. The van der Waals surface area contributed by atoms with Crippen molar-refractivity contribution in [3.63, 3.8) is 0 Å². The van der Waals surface area contributed by atoms with Gasteiger partial charge in [0.25, 0.3) is 0 Å². The van der Waals surface area contributed by atoms with Gasteiger partial charge >= 0.3 is 0 Å². The summed E-state index contributed by atoms with van der Waals surface area (Å²) in [4.78, 5) is 0. The van der Waals surface area contributed by atoms with Crippen LogP contribution < -0.4 is 4.57 Å². The van der Waals surface area contributed by atoms with Gasteiger partial charge < -0.3 is 0 Å². The summed E-state index contributed by atoms with van der Waals surface area (Å²) in [5.74, 6) is -0.187. The minimum absolute atomic E-state index is 0.187. The molecular formula is C31H23FNS+. The van der Waals surface area contributed by atoms with Gasteiger partial charge in [0.15, 0.2) is 6.20 Å². The molecule has 0 aliphatic rings. The quantitative estimate of drug-likeness (QED) is 0.234. The lowest BCUT2D eigenvalue weighted by Crippen LogP contribution is -2.30. The lowest BCUT2D eigenvalue weighted by molar-refractivity contribution is -0.660. The highest BCUT2D eigenvalue weighted by molar-refractivity contribution is 7.26. The van der Waals surface area contributed by atoms with Crippen LogP contribution in [0.4, 0.5) is 4.39 Å². The Balaban J connectivity index is 1.64. The summed E-state index contributed by atoms with van der Waals surface area (Å²) in [7, 11) is 2.07. The molecule has 0 saturated heterocycles. The van der Waals surface area contributed by atoms with Gasteiger partial charge in [-0.3, -0.25) is 0 Å². The second kappa shape index (κ2) is 8.19. The van der Waals surface area contributed by atoms with E-state index in [4.69, 9.17) is 0 Å². The Morgan fingerprint density at radius 3 is 2.12 bits per heavy atom. The minimum atomic E-state index is -0.187. The van der Waals surface area contributed by atoms with Crippen molar-refractivity contribution in [1.29, 1.82) is 0 Å². The number of rotatable bonds is 3. The summed E-state index contributed by atoms with van der Waals surface area (Å²) in [6.07, 6.45) is 2.07. The zero-order valence-corrected chi connectivity index (χ0v) is 19.9. The fourth-order valence-corrected chi connectivity index (χ4v) is 6.30. The first kappa shape index (κ1) is 20.8. The number of pyridine rings is 1. The number of aromatic nitrogens is 1. The number of nitrogens with zero attached hydrogens (tertiary/aromatic N) is 1. The molecule has 2 aromatic heterocycles. The molecule has 0 aliphatic heterocycles. The molecule has 0 amide bonds. The maximum atomic E-state index is 15.4. The number of hydrogen-bond donors (Lipinski definition) is 0. The molecule has 2 heterocycles. The molecule has 6 aromatic rings. The first-order valence-electron chi connectivity index (χ1n) is 11.4. The fraction of sp³-hybridized carbons (Fsp3) is 0.0645. The summed E-state index contributed by atoms with van der Waals surface area (Å²) >= 11 is 1.69. The van der Waals surface area contributed by atoms with Gasteiger partial charge in [-0.2, -0.15) is 0 Å². The summed E-state index contributed by atoms with van der Waals surface area (Å²) in [6.45, 7) is 2.15. The van der Waals surface area contributed by atoms with E-state index in [1.165, 1.54) is 21.2 Å². The molecule has 0 atom stereocenters. The second-order valence-corrected chi connectivity index (χ2v) is 9.70. The third-order valence-electron chi connectivity index (χ3n) is 6.54.